The minimum atomic E-state index is -4.41. The molecule has 0 atom stereocenters. The number of amides is 1. The van der Waals surface area contributed by atoms with Crippen LogP contribution in [0.1, 0.15) is 41.7 Å². The van der Waals surface area contributed by atoms with E-state index in [1.54, 1.807) is 30.3 Å². The van der Waals surface area contributed by atoms with E-state index in [2.05, 4.69) is 46.8 Å². The normalized spacial score (nSPS) is 17.5. The predicted octanol–water partition coefficient (Wildman–Crippen LogP) is 5.02. The number of nitrogens with zero attached hydrogens (tertiary/aromatic N) is 2. The van der Waals surface area contributed by atoms with E-state index in [-0.39, 0.29) is 29.9 Å². The van der Waals surface area contributed by atoms with Gasteiger partial charge in [-0.3, -0.25) is 4.79 Å². The number of aromatic nitrogens is 1. The molecule has 0 spiro atoms. The number of anilines is 2. The number of carbonyl (C=O) groups is 1. The number of fused-ring (bicyclic) bond motifs is 1. The number of carbonyl (C=O) groups excluding carboxylic acids is 1. The van der Waals surface area contributed by atoms with E-state index < -0.39 is 12.7 Å². The van der Waals surface area contributed by atoms with Gasteiger partial charge in [-0.1, -0.05) is 12.0 Å². The van der Waals surface area contributed by atoms with Crippen LogP contribution in [0.25, 0.3) is 10.9 Å². The van der Waals surface area contributed by atoms with Gasteiger partial charge < -0.3 is 30.5 Å². The Morgan fingerprint density at radius 2 is 1.85 bits per heavy atom. The molecule has 1 aromatic heterocycles. The molecule has 1 amide bonds. The third kappa shape index (κ3) is 6.98. The molecule has 1 heterocycles. The molecule has 4 N–H and O–H groups in total. The van der Waals surface area contributed by atoms with Gasteiger partial charge in [-0.15, -0.1) is 0 Å². The van der Waals surface area contributed by atoms with Crippen molar-refractivity contribution >= 4 is 28.2 Å². The van der Waals surface area contributed by atoms with Crippen molar-refractivity contribution in [1.29, 1.82) is 0 Å². The summed E-state index contributed by atoms with van der Waals surface area (Å²) in [5.41, 5.74) is 2.21. The summed E-state index contributed by atoms with van der Waals surface area (Å²) in [6.07, 6.45) is -0.268. The molecule has 0 unspecified atom stereocenters. The number of phenols is 1. The van der Waals surface area contributed by atoms with Crippen LogP contribution >= 0.6 is 0 Å². The lowest BCUT2D eigenvalue weighted by atomic mass is 9.90. The van der Waals surface area contributed by atoms with Crippen LogP contribution in [-0.2, 0) is 6.54 Å². The Morgan fingerprint density at radius 3 is 2.49 bits per heavy atom. The van der Waals surface area contributed by atoms with E-state index >= 15 is 0 Å². The highest BCUT2D eigenvalue weighted by molar-refractivity contribution is 5.95. The highest BCUT2D eigenvalue weighted by Gasteiger charge is 2.30. The topological polar surface area (TPSA) is 81.6 Å². The molecule has 0 radical (unpaired) electrons. The largest absolute Gasteiger partial charge is 0.506 e. The quantitative estimate of drug-likeness (QED) is 0.250. The second-order valence-electron chi connectivity index (χ2n) is 10.0. The third-order valence-electron chi connectivity index (χ3n) is 7.14. The molecule has 1 aliphatic carbocycles. The fourth-order valence-electron chi connectivity index (χ4n) is 5.06. The van der Waals surface area contributed by atoms with Gasteiger partial charge in [-0.2, -0.15) is 13.2 Å². The maximum Gasteiger partial charge on any atom is 0.406 e. The summed E-state index contributed by atoms with van der Waals surface area (Å²) < 4.78 is 41.7. The van der Waals surface area contributed by atoms with E-state index in [1.165, 1.54) is 17.7 Å². The summed E-state index contributed by atoms with van der Waals surface area (Å²) >= 11 is 0. The van der Waals surface area contributed by atoms with Crippen molar-refractivity contribution in [3.8, 4) is 17.6 Å². The standard InChI is InChI=1S/C29H34F3N5O2/c1-33-28(39)19-9-14-25(27(38)16-19)34-15-5-6-22-17-23-24(35-20-10-12-21(13-11-20)36(2)3)7-4-8-26(23)37(22)18-29(30,31)32/h4,7-9,14,16-17,20-21,34-35,38H,10-13,15,18H2,1-3H3,(H,33,39)/t20-,21-. The Hall–Kier alpha value is -3.84. The van der Waals surface area contributed by atoms with Crippen molar-refractivity contribution in [2.75, 3.05) is 38.3 Å². The maximum absolute atomic E-state index is 13.5. The summed E-state index contributed by atoms with van der Waals surface area (Å²) in [7, 11) is 5.67. The number of hydrogen-bond acceptors (Lipinski definition) is 5. The van der Waals surface area contributed by atoms with Crippen LogP contribution in [0.3, 0.4) is 0 Å². The first-order valence-corrected chi connectivity index (χ1v) is 13.0. The predicted molar refractivity (Wildman–Crippen MR) is 148 cm³/mol. The van der Waals surface area contributed by atoms with Crippen molar-refractivity contribution < 1.29 is 23.1 Å². The fourth-order valence-corrected chi connectivity index (χ4v) is 5.06. The fraction of sp³-hybridized carbons (Fsp3) is 0.414. The Bertz CT molecular complexity index is 1380. The van der Waals surface area contributed by atoms with Crippen LogP contribution in [0, 0.1) is 11.8 Å². The number of aromatic hydroxyl groups is 1. The van der Waals surface area contributed by atoms with Crippen molar-refractivity contribution in [1.82, 2.24) is 14.8 Å². The van der Waals surface area contributed by atoms with Crippen molar-refractivity contribution in [2.24, 2.45) is 0 Å². The zero-order valence-corrected chi connectivity index (χ0v) is 22.3. The Balaban J connectivity index is 1.54. The van der Waals surface area contributed by atoms with Gasteiger partial charge in [0.05, 0.1) is 23.4 Å². The number of alkyl halides is 3. The smallest absolute Gasteiger partial charge is 0.406 e. The van der Waals surface area contributed by atoms with E-state index in [0.29, 0.717) is 28.2 Å². The number of benzene rings is 2. The number of nitrogens with one attached hydrogen (secondary N) is 3. The third-order valence-corrected chi connectivity index (χ3v) is 7.14. The molecule has 39 heavy (non-hydrogen) atoms. The SMILES string of the molecule is CNC(=O)c1ccc(NCC#Cc2cc3c(N[C@H]4CC[C@H](N(C)C)CC4)cccc3n2CC(F)(F)F)c(O)c1. The van der Waals surface area contributed by atoms with E-state index in [4.69, 9.17) is 0 Å². The minimum absolute atomic E-state index is 0.0840. The Labute approximate surface area is 226 Å². The maximum atomic E-state index is 13.5. The summed E-state index contributed by atoms with van der Waals surface area (Å²) in [6.45, 7) is -1.06. The van der Waals surface area contributed by atoms with Gasteiger partial charge >= 0.3 is 6.18 Å². The van der Waals surface area contributed by atoms with Crippen LogP contribution in [0.15, 0.2) is 42.5 Å². The molecule has 1 saturated carbocycles. The van der Waals surface area contributed by atoms with Crippen LogP contribution in [0.4, 0.5) is 24.5 Å². The first-order valence-electron chi connectivity index (χ1n) is 13.0. The van der Waals surface area contributed by atoms with Crippen LogP contribution in [-0.4, -0.2) is 66.4 Å². The number of halogens is 3. The first kappa shape index (κ1) is 28.2. The lowest BCUT2D eigenvalue weighted by Crippen LogP contribution is -2.36. The van der Waals surface area contributed by atoms with E-state index in [1.807, 2.05) is 6.07 Å². The second kappa shape index (κ2) is 11.9. The summed E-state index contributed by atoms with van der Waals surface area (Å²) in [5.74, 6) is 5.28. The molecule has 0 aliphatic heterocycles. The van der Waals surface area contributed by atoms with Crippen LogP contribution < -0.4 is 16.0 Å². The van der Waals surface area contributed by atoms with Gasteiger partial charge in [0.15, 0.2) is 0 Å². The summed E-state index contributed by atoms with van der Waals surface area (Å²) in [5, 5.41) is 19.9. The molecule has 7 nitrogen and oxygen atoms in total. The second-order valence-corrected chi connectivity index (χ2v) is 10.0. The summed E-state index contributed by atoms with van der Waals surface area (Å²) in [6, 6.07) is 12.3. The van der Waals surface area contributed by atoms with Gasteiger partial charge in [0.1, 0.15) is 12.3 Å². The molecule has 2 aromatic carbocycles. The molecule has 4 rings (SSSR count). The van der Waals surface area contributed by atoms with Crippen LogP contribution in [0.2, 0.25) is 0 Å². The summed E-state index contributed by atoms with van der Waals surface area (Å²) in [4.78, 5) is 14.0. The zero-order valence-electron chi connectivity index (χ0n) is 22.3. The monoisotopic (exact) mass is 541 g/mol. The Morgan fingerprint density at radius 1 is 1.10 bits per heavy atom. The molecule has 0 saturated heterocycles. The Kier molecular flexibility index (Phi) is 8.60. The lowest BCUT2D eigenvalue weighted by molar-refractivity contribution is -0.140. The van der Waals surface area contributed by atoms with Crippen molar-refractivity contribution in [3.63, 3.8) is 0 Å². The lowest BCUT2D eigenvalue weighted by Gasteiger charge is -2.33. The molecule has 1 aliphatic rings. The molecule has 1 fully saturated rings. The molecule has 10 heteroatoms. The number of phenolic OH excluding ortho intramolecular Hbond substituents is 1. The van der Waals surface area contributed by atoms with Gasteiger partial charge in [-0.25, -0.2) is 0 Å². The minimum Gasteiger partial charge on any atom is -0.506 e. The number of hydrogen-bond donors (Lipinski definition) is 4. The van der Waals surface area contributed by atoms with Gasteiger partial charge in [0, 0.05) is 35.8 Å². The average molecular weight is 542 g/mol. The molecule has 208 valence electrons. The molecular formula is C29H34F3N5O2. The van der Waals surface area contributed by atoms with Crippen molar-refractivity contribution in [2.45, 2.75) is 50.5 Å². The number of rotatable bonds is 7. The first-order chi connectivity index (χ1) is 18.6. The van der Waals surface area contributed by atoms with Gasteiger partial charge in [0.2, 0.25) is 0 Å². The highest BCUT2D eigenvalue weighted by Crippen LogP contribution is 2.32. The van der Waals surface area contributed by atoms with Crippen LogP contribution in [0.5, 0.6) is 5.75 Å². The average Bonchev–Trinajstić information content (AvgIpc) is 3.23. The van der Waals surface area contributed by atoms with E-state index in [9.17, 15) is 23.1 Å². The van der Waals surface area contributed by atoms with Gasteiger partial charge in [0.25, 0.3) is 5.91 Å². The highest BCUT2D eigenvalue weighted by atomic mass is 19.4. The van der Waals surface area contributed by atoms with Gasteiger partial charge in [-0.05, 0) is 82.1 Å². The molecule has 0 bridgehead atoms. The molecular weight excluding hydrogens is 507 g/mol. The molecule has 3 aromatic rings. The zero-order chi connectivity index (χ0) is 28.2. The van der Waals surface area contributed by atoms with Crippen molar-refractivity contribution in [3.05, 3.63) is 53.7 Å². The van der Waals surface area contributed by atoms with E-state index in [0.717, 1.165) is 31.4 Å².